The molecule has 0 saturated heterocycles. The quantitative estimate of drug-likeness (QED) is 0.500. The van der Waals surface area contributed by atoms with Crippen molar-refractivity contribution in [3.63, 3.8) is 0 Å². The van der Waals surface area contributed by atoms with Crippen molar-refractivity contribution in [3.8, 4) is 17.9 Å². The highest BCUT2D eigenvalue weighted by atomic mass is 14.8. The van der Waals surface area contributed by atoms with Gasteiger partial charge in [-0.05, 0) is 25.2 Å². The van der Waals surface area contributed by atoms with E-state index in [0.717, 1.165) is 5.56 Å². The second kappa shape index (κ2) is 4.91. The maximum atomic E-state index is 8.72. The molecule has 0 atom stereocenters. The van der Waals surface area contributed by atoms with E-state index < -0.39 is 0 Å². The third-order valence-electron chi connectivity index (χ3n) is 1.67. The highest BCUT2D eigenvalue weighted by Gasteiger charge is 1.97. The lowest BCUT2D eigenvalue weighted by atomic mass is 10.1. The Balaban J connectivity index is 2.93. The Hall–Kier alpha value is -1.97. The summed E-state index contributed by atoms with van der Waals surface area (Å²) >= 11 is 0. The van der Waals surface area contributed by atoms with E-state index in [0.29, 0.717) is 17.8 Å². The van der Waals surface area contributed by atoms with Crippen molar-refractivity contribution in [1.29, 1.82) is 5.26 Å². The van der Waals surface area contributed by atoms with Crippen molar-refractivity contribution in [2.24, 2.45) is 0 Å². The van der Waals surface area contributed by atoms with Crippen molar-refractivity contribution < 1.29 is 0 Å². The summed E-state index contributed by atoms with van der Waals surface area (Å²) in [6, 6.07) is 7.21. The molecule has 0 spiro atoms. The van der Waals surface area contributed by atoms with E-state index in [9.17, 15) is 0 Å². The molecule has 0 radical (unpaired) electrons. The van der Waals surface area contributed by atoms with E-state index in [-0.39, 0.29) is 0 Å². The molecule has 0 aliphatic rings. The number of nitrogen functional groups attached to an aromatic ring is 1. The Morgan fingerprint density at radius 1 is 1.50 bits per heavy atom. The number of nitrogens with one attached hydrogen (secondary N) is 1. The predicted molar refractivity (Wildman–Crippen MR) is 56.4 cm³/mol. The molecule has 0 heterocycles. The average Bonchev–Trinajstić information content (AvgIpc) is 2.21. The van der Waals surface area contributed by atoms with Crippen LogP contribution in [0.15, 0.2) is 18.2 Å². The number of nitriles is 1. The largest absolute Gasteiger partial charge is 0.398 e. The summed E-state index contributed by atoms with van der Waals surface area (Å²) < 4.78 is 0. The van der Waals surface area contributed by atoms with Crippen LogP contribution in [-0.2, 0) is 0 Å². The molecule has 0 aliphatic carbocycles. The standard InChI is InChI=1S/C11H11N3/c1-14-6-2-3-9-4-5-11(13)10(7-9)8-12/h4-5,7,14H,6,13H2,1H3. The van der Waals surface area contributed by atoms with Crippen LogP contribution in [0.2, 0.25) is 0 Å². The van der Waals surface area contributed by atoms with Crippen LogP contribution in [0.25, 0.3) is 0 Å². The summed E-state index contributed by atoms with van der Waals surface area (Å²) in [6.07, 6.45) is 0. The summed E-state index contributed by atoms with van der Waals surface area (Å²) in [5, 5.41) is 11.6. The summed E-state index contributed by atoms with van der Waals surface area (Å²) in [4.78, 5) is 0. The van der Waals surface area contributed by atoms with Crippen molar-refractivity contribution in [3.05, 3.63) is 29.3 Å². The van der Waals surface area contributed by atoms with E-state index in [2.05, 4.69) is 17.2 Å². The first-order valence-corrected chi connectivity index (χ1v) is 4.21. The molecular formula is C11H11N3. The van der Waals surface area contributed by atoms with Crippen LogP contribution in [-0.4, -0.2) is 13.6 Å². The lowest BCUT2D eigenvalue weighted by molar-refractivity contribution is 0.938. The van der Waals surface area contributed by atoms with Crippen molar-refractivity contribution in [2.45, 2.75) is 0 Å². The van der Waals surface area contributed by atoms with Gasteiger partial charge in [-0.15, -0.1) is 0 Å². The first-order valence-electron chi connectivity index (χ1n) is 4.21. The maximum Gasteiger partial charge on any atom is 0.101 e. The van der Waals surface area contributed by atoms with Gasteiger partial charge >= 0.3 is 0 Å². The number of anilines is 1. The zero-order valence-electron chi connectivity index (χ0n) is 7.96. The molecule has 0 amide bonds. The van der Waals surface area contributed by atoms with Crippen LogP contribution in [0.1, 0.15) is 11.1 Å². The number of nitrogens with two attached hydrogens (primary N) is 1. The lowest BCUT2D eigenvalue weighted by Crippen LogP contribution is -2.04. The van der Waals surface area contributed by atoms with Crippen molar-refractivity contribution in [2.75, 3.05) is 19.3 Å². The van der Waals surface area contributed by atoms with Gasteiger partial charge in [0, 0.05) is 11.3 Å². The minimum absolute atomic E-state index is 0.473. The van der Waals surface area contributed by atoms with Crippen LogP contribution >= 0.6 is 0 Å². The first kappa shape index (κ1) is 10.1. The minimum atomic E-state index is 0.473. The van der Waals surface area contributed by atoms with Crippen molar-refractivity contribution >= 4 is 5.69 Å². The van der Waals surface area contributed by atoms with Gasteiger partial charge in [-0.1, -0.05) is 11.8 Å². The lowest BCUT2D eigenvalue weighted by Gasteiger charge is -1.96. The Morgan fingerprint density at radius 2 is 2.29 bits per heavy atom. The molecule has 70 valence electrons. The smallest absolute Gasteiger partial charge is 0.101 e. The van der Waals surface area contributed by atoms with E-state index in [1.54, 1.807) is 18.2 Å². The molecule has 3 N–H and O–H groups in total. The predicted octanol–water partition coefficient (Wildman–Crippen LogP) is 0.711. The Morgan fingerprint density at radius 3 is 2.93 bits per heavy atom. The highest BCUT2D eigenvalue weighted by molar-refractivity contribution is 5.57. The van der Waals surface area contributed by atoms with Crippen LogP contribution < -0.4 is 11.1 Å². The van der Waals surface area contributed by atoms with Crippen LogP contribution in [0.3, 0.4) is 0 Å². The third-order valence-corrected chi connectivity index (χ3v) is 1.67. The molecule has 0 saturated carbocycles. The summed E-state index contributed by atoms with van der Waals surface area (Å²) in [7, 11) is 1.83. The molecular weight excluding hydrogens is 174 g/mol. The molecule has 0 fully saturated rings. The van der Waals surface area contributed by atoms with Gasteiger partial charge in [-0.2, -0.15) is 5.26 Å². The topological polar surface area (TPSA) is 61.8 Å². The van der Waals surface area contributed by atoms with Gasteiger partial charge in [0.1, 0.15) is 6.07 Å². The SMILES string of the molecule is CNCC#Cc1ccc(N)c(C#N)c1. The second-order valence-electron chi connectivity index (χ2n) is 2.75. The van der Waals surface area contributed by atoms with Gasteiger partial charge in [0.05, 0.1) is 12.1 Å². The fourth-order valence-electron chi connectivity index (χ4n) is 0.966. The molecule has 1 rings (SSSR count). The second-order valence-corrected chi connectivity index (χ2v) is 2.75. The zero-order chi connectivity index (χ0) is 10.4. The number of hydrogen-bond acceptors (Lipinski definition) is 3. The number of rotatable bonds is 1. The van der Waals surface area contributed by atoms with Crippen molar-refractivity contribution in [1.82, 2.24) is 5.32 Å². The molecule has 1 aromatic rings. The number of benzene rings is 1. The molecule has 0 unspecified atom stereocenters. The van der Waals surface area contributed by atoms with E-state index in [1.165, 1.54) is 0 Å². The van der Waals surface area contributed by atoms with Crippen LogP contribution in [0, 0.1) is 23.2 Å². The Labute approximate surface area is 83.5 Å². The molecule has 1 aromatic carbocycles. The highest BCUT2D eigenvalue weighted by Crippen LogP contribution is 2.11. The Kier molecular flexibility index (Phi) is 3.55. The summed E-state index contributed by atoms with van der Waals surface area (Å²) in [6.45, 7) is 0.631. The zero-order valence-corrected chi connectivity index (χ0v) is 7.96. The van der Waals surface area contributed by atoms with E-state index >= 15 is 0 Å². The molecule has 3 heteroatoms. The molecule has 0 aromatic heterocycles. The summed E-state index contributed by atoms with van der Waals surface area (Å²) in [5.74, 6) is 5.84. The molecule has 0 bridgehead atoms. The Bertz CT molecular complexity index is 418. The normalized spacial score (nSPS) is 8.57. The minimum Gasteiger partial charge on any atom is -0.398 e. The monoisotopic (exact) mass is 185 g/mol. The van der Waals surface area contributed by atoms with E-state index in [1.807, 2.05) is 13.1 Å². The van der Waals surface area contributed by atoms with Gasteiger partial charge in [-0.3, -0.25) is 0 Å². The van der Waals surface area contributed by atoms with Gasteiger partial charge in [0.25, 0.3) is 0 Å². The maximum absolute atomic E-state index is 8.72. The van der Waals surface area contributed by atoms with Gasteiger partial charge in [0.2, 0.25) is 0 Å². The number of hydrogen-bond donors (Lipinski definition) is 2. The molecule has 0 aliphatic heterocycles. The number of nitrogens with zero attached hydrogens (tertiary/aromatic N) is 1. The van der Waals surface area contributed by atoms with Gasteiger partial charge < -0.3 is 11.1 Å². The van der Waals surface area contributed by atoms with E-state index in [4.69, 9.17) is 11.0 Å². The molecule has 14 heavy (non-hydrogen) atoms. The average molecular weight is 185 g/mol. The fourth-order valence-corrected chi connectivity index (χ4v) is 0.966. The van der Waals surface area contributed by atoms with Crippen LogP contribution in [0.4, 0.5) is 5.69 Å². The van der Waals surface area contributed by atoms with Crippen LogP contribution in [0.5, 0.6) is 0 Å². The first-order chi connectivity index (χ1) is 6.77. The third kappa shape index (κ3) is 2.52. The van der Waals surface area contributed by atoms with Gasteiger partial charge in [-0.25, -0.2) is 0 Å². The fraction of sp³-hybridized carbons (Fsp3) is 0.182. The summed E-state index contributed by atoms with van der Waals surface area (Å²) in [5.41, 5.74) is 7.35. The van der Waals surface area contributed by atoms with Gasteiger partial charge in [0.15, 0.2) is 0 Å². The molecule has 3 nitrogen and oxygen atoms in total.